The van der Waals surface area contributed by atoms with Crippen molar-refractivity contribution in [3.8, 4) is 33.8 Å². The molecule has 4 nitrogen and oxygen atoms in total. The monoisotopic (exact) mass is 757 g/mol. The van der Waals surface area contributed by atoms with Gasteiger partial charge >= 0.3 is 0 Å². The Hall–Kier alpha value is -7.17. The Morgan fingerprint density at radius 1 is 0.475 bits per heavy atom. The minimum Gasteiger partial charge on any atom is -0.457 e. The van der Waals surface area contributed by atoms with Crippen molar-refractivity contribution in [2.75, 3.05) is 5.32 Å². The van der Waals surface area contributed by atoms with Gasteiger partial charge in [0.25, 0.3) is 0 Å². The summed E-state index contributed by atoms with van der Waals surface area (Å²) >= 11 is 0. The lowest BCUT2D eigenvalue weighted by atomic mass is 9.66. The maximum absolute atomic E-state index is 6.72. The third-order valence-electron chi connectivity index (χ3n) is 13.8. The van der Waals surface area contributed by atoms with Gasteiger partial charge < -0.3 is 10.1 Å². The molecule has 0 fully saturated rings. The summed E-state index contributed by atoms with van der Waals surface area (Å²) in [5, 5.41) is 6.52. The van der Waals surface area contributed by atoms with Crippen LogP contribution in [0.1, 0.15) is 65.3 Å². The maximum atomic E-state index is 6.72. The van der Waals surface area contributed by atoms with Crippen molar-refractivity contribution in [2.24, 2.45) is 4.99 Å². The van der Waals surface area contributed by atoms with E-state index >= 15 is 0 Å². The van der Waals surface area contributed by atoms with Crippen molar-refractivity contribution in [3.63, 3.8) is 0 Å². The zero-order chi connectivity index (χ0) is 39.3. The van der Waals surface area contributed by atoms with E-state index in [1.165, 1.54) is 66.3 Å². The Morgan fingerprint density at radius 2 is 1.05 bits per heavy atom. The number of hydrogen-bond acceptors (Lipinski definition) is 3. The summed E-state index contributed by atoms with van der Waals surface area (Å²) in [7, 11) is 0. The molecule has 0 saturated carbocycles. The quantitative estimate of drug-likeness (QED) is 0.191. The van der Waals surface area contributed by atoms with Gasteiger partial charge in [-0.2, -0.15) is 0 Å². The van der Waals surface area contributed by atoms with E-state index < -0.39 is 11.2 Å². The van der Waals surface area contributed by atoms with E-state index in [0.717, 1.165) is 45.2 Å². The van der Waals surface area contributed by atoms with Crippen LogP contribution in [0.25, 0.3) is 44.1 Å². The van der Waals surface area contributed by atoms with Crippen molar-refractivity contribution in [1.82, 2.24) is 4.57 Å². The molecule has 4 aliphatic rings. The van der Waals surface area contributed by atoms with Crippen molar-refractivity contribution in [1.29, 1.82) is 0 Å². The normalized spacial score (nSPS) is 18.1. The molecule has 1 unspecified atom stereocenters. The smallest absolute Gasteiger partial charge is 0.209 e. The Kier molecular flexibility index (Phi) is 6.28. The lowest BCUT2D eigenvalue weighted by Gasteiger charge is -2.39. The topological polar surface area (TPSA) is 38.5 Å². The van der Waals surface area contributed by atoms with Crippen LogP contribution in [0.3, 0.4) is 0 Å². The molecule has 0 bridgehead atoms. The number of aromatic nitrogens is 1. The average molecular weight is 758 g/mol. The van der Waals surface area contributed by atoms with Gasteiger partial charge in [0.15, 0.2) is 0 Å². The summed E-state index contributed by atoms with van der Waals surface area (Å²) < 4.78 is 9.31. The van der Waals surface area contributed by atoms with E-state index in [1.54, 1.807) is 0 Å². The first-order valence-electron chi connectivity index (χ1n) is 20.6. The number of benzene rings is 8. The molecule has 0 amide bonds. The van der Waals surface area contributed by atoms with Crippen molar-refractivity contribution in [3.05, 3.63) is 220 Å². The van der Waals surface area contributed by atoms with Gasteiger partial charge in [-0.3, -0.25) is 4.57 Å². The van der Waals surface area contributed by atoms with Crippen LogP contribution in [0.2, 0.25) is 0 Å². The predicted octanol–water partition coefficient (Wildman–Crippen LogP) is 13.2. The fourth-order valence-corrected chi connectivity index (χ4v) is 11.5. The lowest BCUT2D eigenvalue weighted by molar-refractivity contribution is 0.412. The Bertz CT molecular complexity index is 3290. The molecule has 1 aromatic heterocycles. The number of nitrogens with one attached hydrogen (secondary N) is 1. The summed E-state index contributed by atoms with van der Waals surface area (Å²) in [6, 6.07) is 64.1. The molecule has 13 rings (SSSR count). The number of aliphatic imine (C=N–C) groups is 1. The summed E-state index contributed by atoms with van der Waals surface area (Å²) in [5.74, 6) is 0.841. The van der Waals surface area contributed by atoms with Gasteiger partial charge in [-0.05, 0) is 64.1 Å². The summed E-state index contributed by atoms with van der Waals surface area (Å²) in [5.41, 5.74) is 18.3. The maximum Gasteiger partial charge on any atom is 0.209 e. The molecule has 280 valence electrons. The standard InChI is InChI=1S/C55H39N3O/c1-53(2)40-22-10-7-19-34(40)35-29-30-37-36-31-32-44-48(38-20-8-11-23-41(38)55(44)42-24-12-15-27-46(42)59-47-28-16-13-25-43(47)55)51(36)58(52(37)49(35)53)54(3)56-45-26-14-9-21-39(45)50(57-54)33-17-5-4-6-18-33/h4-32,56H,1-3H3. The zero-order valence-electron chi connectivity index (χ0n) is 33.0. The third-order valence-corrected chi connectivity index (χ3v) is 13.8. The number of ether oxygens (including phenoxy) is 1. The van der Waals surface area contributed by atoms with Crippen LogP contribution in [0.15, 0.2) is 181 Å². The molecule has 2 aliphatic carbocycles. The summed E-state index contributed by atoms with van der Waals surface area (Å²) in [6.07, 6.45) is 0. The first-order chi connectivity index (χ1) is 28.9. The van der Waals surface area contributed by atoms with Crippen LogP contribution in [0.5, 0.6) is 11.5 Å². The fourth-order valence-electron chi connectivity index (χ4n) is 11.5. The van der Waals surface area contributed by atoms with Gasteiger partial charge in [0.05, 0.1) is 22.2 Å². The van der Waals surface area contributed by atoms with Crippen LogP contribution >= 0.6 is 0 Å². The van der Waals surface area contributed by atoms with E-state index in [-0.39, 0.29) is 5.41 Å². The van der Waals surface area contributed by atoms with Gasteiger partial charge in [0.2, 0.25) is 5.79 Å². The second-order valence-corrected chi connectivity index (χ2v) is 17.2. The second-order valence-electron chi connectivity index (χ2n) is 17.2. The first kappa shape index (κ1) is 32.9. The van der Waals surface area contributed by atoms with Crippen LogP contribution in [0.4, 0.5) is 5.69 Å². The average Bonchev–Trinajstić information content (AvgIpc) is 3.86. The van der Waals surface area contributed by atoms with Gasteiger partial charge in [-0.25, -0.2) is 4.99 Å². The number of fused-ring (bicyclic) bond motifs is 18. The van der Waals surface area contributed by atoms with Crippen molar-refractivity contribution < 1.29 is 4.74 Å². The van der Waals surface area contributed by atoms with Crippen LogP contribution in [0, 0.1) is 0 Å². The van der Waals surface area contributed by atoms with Gasteiger partial charge in [-0.15, -0.1) is 0 Å². The predicted molar refractivity (Wildman–Crippen MR) is 240 cm³/mol. The molecule has 2 aliphatic heterocycles. The van der Waals surface area contributed by atoms with Crippen molar-refractivity contribution in [2.45, 2.75) is 37.4 Å². The molecular formula is C55H39N3O. The van der Waals surface area contributed by atoms with E-state index in [4.69, 9.17) is 9.73 Å². The minimum absolute atomic E-state index is 0.270. The Balaban J connectivity index is 1.24. The Labute approximate surface area is 343 Å². The van der Waals surface area contributed by atoms with E-state index in [1.807, 2.05) is 0 Å². The Morgan fingerprint density at radius 3 is 1.80 bits per heavy atom. The zero-order valence-corrected chi connectivity index (χ0v) is 33.0. The SMILES string of the molecule is CC1(C)c2ccccc2-c2ccc3c4ccc5c(c4n(C4(C)N=C(c6ccccc6)c6ccccc6N4)c3c21)-c1ccccc1C51c2ccccc2Oc2ccccc21. The number of para-hydroxylation sites is 3. The molecule has 3 heterocycles. The molecular weight excluding hydrogens is 719 g/mol. The van der Waals surface area contributed by atoms with E-state index in [9.17, 15) is 0 Å². The molecule has 0 radical (unpaired) electrons. The highest BCUT2D eigenvalue weighted by Gasteiger charge is 2.53. The molecule has 0 saturated heterocycles. The largest absolute Gasteiger partial charge is 0.457 e. The number of nitrogens with zero attached hydrogens (tertiary/aromatic N) is 2. The van der Waals surface area contributed by atoms with Gasteiger partial charge in [-0.1, -0.05) is 172 Å². The highest BCUT2D eigenvalue weighted by atomic mass is 16.5. The van der Waals surface area contributed by atoms with Gasteiger partial charge in [0.1, 0.15) is 11.5 Å². The van der Waals surface area contributed by atoms with Gasteiger partial charge in [0, 0.05) is 49.7 Å². The lowest BCUT2D eigenvalue weighted by Crippen LogP contribution is -2.41. The molecule has 4 heteroatoms. The van der Waals surface area contributed by atoms with Crippen LogP contribution < -0.4 is 10.1 Å². The molecule has 8 aromatic carbocycles. The molecule has 1 atom stereocenters. The summed E-state index contributed by atoms with van der Waals surface area (Å²) in [6.45, 7) is 7.07. The fraction of sp³-hybridized carbons (Fsp3) is 0.109. The second kappa shape index (κ2) is 11.3. The molecule has 9 aromatic rings. The van der Waals surface area contributed by atoms with Crippen LogP contribution in [-0.4, -0.2) is 10.3 Å². The van der Waals surface area contributed by atoms with Crippen LogP contribution in [-0.2, 0) is 16.6 Å². The highest BCUT2D eigenvalue weighted by molar-refractivity contribution is 6.20. The van der Waals surface area contributed by atoms with Crippen molar-refractivity contribution >= 4 is 33.2 Å². The molecule has 1 spiro atoms. The molecule has 1 N–H and O–H groups in total. The number of rotatable bonds is 2. The van der Waals surface area contributed by atoms with E-state index in [0.29, 0.717) is 0 Å². The van der Waals surface area contributed by atoms with E-state index in [2.05, 4.69) is 207 Å². The first-order valence-corrected chi connectivity index (χ1v) is 20.6. The third kappa shape index (κ3) is 4.01. The summed E-state index contributed by atoms with van der Waals surface area (Å²) in [4.78, 5) is 5.90. The highest BCUT2D eigenvalue weighted by Crippen LogP contribution is 2.64. The number of anilines is 1. The number of hydrogen-bond donors (Lipinski definition) is 1. The molecule has 59 heavy (non-hydrogen) atoms. The minimum atomic E-state index is -0.940.